The lowest BCUT2D eigenvalue weighted by molar-refractivity contribution is 0.476. The monoisotopic (exact) mass is 309 g/mol. The molecule has 120 valence electrons. The number of hydrogen-bond donors (Lipinski definition) is 1. The summed E-state index contributed by atoms with van der Waals surface area (Å²) in [7, 11) is 0. The third kappa shape index (κ3) is 3.54. The third-order valence-electron chi connectivity index (χ3n) is 4.13. The number of anilines is 1. The first-order valence-corrected chi connectivity index (χ1v) is 8.02. The molecule has 0 saturated heterocycles. The molecule has 0 bridgehead atoms. The van der Waals surface area contributed by atoms with Crippen molar-refractivity contribution in [1.29, 1.82) is 0 Å². The number of hydrogen-bond acceptors (Lipinski definition) is 4. The molecule has 23 heavy (non-hydrogen) atoms. The number of benzene rings is 1. The van der Waals surface area contributed by atoms with Crippen LogP contribution in [0.4, 0.5) is 5.69 Å². The van der Waals surface area contributed by atoms with Crippen LogP contribution >= 0.6 is 0 Å². The van der Waals surface area contributed by atoms with Crippen LogP contribution in [0, 0.1) is 13.8 Å². The molecule has 0 aliphatic carbocycles. The van der Waals surface area contributed by atoms with E-state index >= 15 is 0 Å². The molecule has 1 atom stereocenters. The van der Waals surface area contributed by atoms with Gasteiger partial charge in [-0.3, -0.25) is 4.98 Å². The van der Waals surface area contributed by atoms with Crippen LogP contribution in [0.15, 0.2) is 48.7 Å². The largest absolute Gasteiger partial charge is 0.455 e. The van der Waals surface area contributed by atoms with Crippen LogP contribution in [0.1, 0.15) is 17.7 Å². The number of aromatic nitrogens is 1. The van der Waals surface area contributed by atoms with Crippen molar-refractivity contribution in [1.82, 2.24) is 4.98 Å². The molecule has 2 aromatic rings. The van der Waals surface area contributed by atoms with Gasteiger partial charge in [0.05, 0.1) is 6.20 Å². The number of pyridine rings is 1. The highest BCUT2D eigenvalue weighted by molar-refractivity contribution is 5.56. The number of rotatable bonds is 5. The Morgan fingerprint density at radius 2 is 2.13 bits per heavy atom. The fourth-order valence-corrected chi connectivity index (χ4v) is 2.86. The fraction of sp³-hybridized carbons (Fsp3) is 0.316. The molecule has 0 fully saturated rings. The molecule has 4 nitrogen and oxygen atoms in total. The van der Waals surface area contributed by atoms with Crippen LogP contribution < -0.4 is 15.4 Å². The lowest BCUT2D eigenvalue weighted by Crippen LogP contribution is -2.31. The van der Waals surface area contributed by atoms with Gasteiger partial charge in [-0.25, -0.2) is 0 Å². The maximum Gasteiger partial charge on any atom is 0.145 e. The summed E-state index contributed by atoms with van der Waals surface area (Å²) in [5.41, 5.74) is 9.02. The van der Waals surface area contributed by atoms with E-state index in [0.29, 0.717) is 12.6 Å². The Balaban J connectivity index is 1.76. The van der Waals surface area contributed by atoms with Crippen molar-refractivity contribution in [3.05, 3.63) is 59.9 Å². The van der Waals surface area contributed by atoms with Gasteiger partial charge in [-0.1, -0.05) is 12.2 Å². The SMILES string of the molecule is Cc1ccc(Oc2ccc(N3CC=CC3CCN)cc2C)cn1. The van der Waals surface area contributed by atoms with Gasteiger partial charge in [-0.05, 0) is 62.7 Å². The molecule has 0 spiro atoms. The van der Waals surface area contributed by atoms with E-state index in [-0.39, 0.29) is 0 Å². The van der Waals surface area contributed by atoms with Gasteiger partial charge in [0.15, 0.2) is 0 Å². The average molecular weight is 309 g/mol. The number of ether oxygens (including phenoxy) is 1. The summed E-state index contributed by atoms with van der Waals surface area (Å²) in [6, 6.07) is 10.6. The van der Waals surface area contributed by atoms with Crippen LogP contribution in [0.3, 0.4) is 0 Å². The van der Waals surface area contributed by atoms with Crippen LogP contribution in [0.5, 0.6) is 11.5 Å². The molecule has 1 unspecified atom stereocenters. The Kier molecular flexibility index (Phi) is 4.63. The molecule has 1 aromatic carbocycles. The minimum atomic E-state index is 0.396. The van der Waals surface area contributed by atoms with E-state index < -0.39 is 0 Å². The normalized spacial score (nSPS) is 16.8. The predicted octanol–water partition coefficient (Wildman–Crippen LogP) is 3.58. The molecular weight excluding hydrogens is 286 g/mol. The summed E-state index contributed by atoms with van der Waals surface area (Å²) in [4.78, 5) is 6.63. The second-order valence-electron chi connectivity index (χ2n) is 5.91. The summed E-state index contributed by atoms with van der Waals surface area (Å²) in [5, 5.41) is 0. The zero-order valence-electron chi connectivity index (χ0n) is 13.7. The second-order valence-corrected chi connectivity index (χ2v) is 5.91. The summed E-state index contributed by atoms with van der Waals surface area (Å²) in [5.74, 6) is 1.62. The average Bonchev–Trinajstić information content (AvgIpc) is 3.00. The maximum absolute atomic E-state index is 5.94. The summed E-state index contributed by atoms with van der Waals surface area (Å²) in [6.07, 6.45) is 7.18. The van der Waals surface area contributed by atoms with E-state index in [2.05, 4.69) is 41.1 Å². The highest BCUT2D eigenvalue weighted by atomic mass is 16.5. The van der Waals surface area contributed by atoms with Gasteiger partial charge in [0.2, 0.25) is 0 Å². The van der Waals surface area contributed by atoms with Gasteiger partial charge >= 0.3 is 0 Å². The highest BCUT2D eigenvalue weighted by Crippen LogP contribution is 2.30. The molecule has 4 heteroatoms. The van der Waals surface area contributed by atoms with E-state index in [1.807, 2.05) is 25.1 Å². The smallest absolute Gasteiger partial charge is 0.145 e. The van der Waals surface area contributed by atoms with Crippen molar-refractivity contribution in [3.63, 3.8) is 0 Å². The Morgan fingerprint density at radius 1 is 1.26 bits per heavy atom. The molecule has 2 N–H and O–H groups in total. The zero-order valence-corrected chi connectivity index (χ0v) is 13.7. The van der Waals surface area contributed by atoms with Crippen molar-refractivity contribution in [3.8, 4) is 11.5 Å². The molecule has 1 aliphatic heterocycles. The Hall–Kier alpha value is -2.33. The van der Waals surface area contributed by atoms with Gasteiger partial charge < -0.3 is 15.4 Å². The minimum Gasteiger partial charge on any atom is -0.455 e. The van der Waals surface area contributed by atoms with Crippen molar-refractivity contribution in [2.75, 3.05) is 18.0 Å². The van der Waals surface area contributed by atoms with Crippen LogP contribution in [-0.4, -0.2) is 24.1 Å². The van der Waals surface area contributed by atoms with Crippen molar-refractivity contribution >= 4 is 5.69 Å². The predicted molar refractivity (Wildman–Crippen MR) is 94.2 cm³/mol. The van der Waals surface area contributed by atoms with Crippen LogP contribution in [0.25, 0.3) is 0 Å². The fourth-order valence-electron chi connectivity index (χ4n) is 2.86. The first-order chi connectivity index (χ1) is 11.2. The quantitative estimate of drug-likeness (QED) is 0.858. The summed E-state index contributed by atoms with van der Waals surface area (Å²) >= 11 is 0. The summed E-state index contributed by atoms with van der Waals surface area (Å²) < 4.78 is 5.94. The second kappa shape index (κ2) is 6.84. The van der Waals surface area contributed by atoms with Gasteiger partial charge in [-0.15, -0.1) is 0 Å². The van der Waals surface area contributed by atoms with E-state index in [4.69, 9.17) is 10.5 Å². The number of aryl methyl sites for hydroxylation is 2. The molecule has 1 aliphatic rings. The van der Waals surface area contributed by atoms with Crippen LogP contribution in [-0.2, 0) is 0 Å². The molecular formula is C19H23N3O. The van der Waals surface area contributed by atoms with E-state index in [9.17, 15) is 0 Å². The minimum absolute atomic E-state index is 0.396. The highest BCUT2D eigenvalue weighted by Gasteiger charge is 2.19. The van der Waals surface area contributed by atoms with Gasteiger partial charge in [-0.2, -0.15) is 0 Å². The molecule has 2 heterocycles. The van der Waals surface area contributed by atoms with Gasteiger partial charge in [0.25, 0.3) is 0 Å². The Labute approximate surface area is 137 Å². The third-order valence-corrected chi connectivity index (χ3v) is 4.13. The first-order valence-electron chi connectivity index (χ1n) is 8.02. The molecule has 3 rings (SSSR count). The van der Waals surface area contributed by atoms with Crippen molar-refractivity contribution < 1.29 is 4.74 Å². The van der Waals surface area contributed by atoms with E-state index in [1.165, 1.54) is 5.69 Å². The van der Waals surface area contributed by atoms with E-state index in [1.54, 1.807) is 6.20 Å². The number of nitrogens with zero attached hydrogens (tertiary/aromatic N) is 2. The molecule has 0 radical (unpaired) electrons. The Morgan fingerprint density at radius 3 is 2.83 bits per heavy atom. The Bertz CT molecular complexity index is 694. The maximum atomic E-state index is 5.94. The summed E-state index contributed by atoms with van der Waals surface area (Å²) in [6.45, 7) is 5.67. The van der Waals surface area contributed by atoms with Gasteiger partial charge in [0.1, 0.15) is 11.5 Å². The first kappa shape index (κ1) is 15.6. The van der Waals surface area contributed by atoms with E-state index in [0.717, 1.165) is 35.7 Å². The van der Waals surface area contributed by atoms with Crippen molar-refractivity contribution in [2.24, 2.45) is 5.73 Å². The van der Waals surface area contributed by atoms with Gasteiger partial charge in [0, 0.05) is 24.0 Å². The molecule has 0 saturated carbocycles. The molecule has 0 amide bonds. The van der Waals surface area contributed by atoms with Crippen molar-refractivity contribution in [2.45, 2.75) is 26.3 Å². The lowest BCUT2D eigenvalue weighted by Gasteiger charge is -2.27. The molecule has 1 aromatic heterocycles. The standard InChI is InChI=1S/C19H23N3O/c1-14-12-17(22-11-3-4-16(22)9-10-20)6-8-19(14)23-18-7-5-15(2)21-13-18/h3-8,12-13,16H,9-11,20H2,1-2H3. The number of nitrogens with two attached hydrogens (primary N) is 1. The van der Waals surface area contributed by atoms with Crippen LogP contribution in [0.2, 0.25) is 0 Å². The lowest BCUT2D eigenvalue weighted by atomic mass is 10.1. The topological polar surface area (TPSA) is 51.4 Å². The zero-order chi connectivity index (χ0) is 16.2.